The Hall–Kier alpha value is -0.820. The zero-order valence-corrected chi connectivity index (χ0v) is 17.1. The molecule has 1 aromatic rings. The Labute approximate surface area is 162 Å². The minimum Gasteiger partial charge on any atom is -0.373 e. The summed E-state index contributed by atoms with van der Waals surface area (Å²) in [6, 6.07) is 10.8. The Balaban J connectivity index is 0.00000208. The lowest BCUT2D eigenvalue weighted by Crippen LogP contribution is -2.40. The van der Waals surface area contributed by atoms with Crippen LogP contribution in [0, 0.1) is 5.92 Å². The summed E-state index contributed by atoms with van der Waals surface area (Å²) >= 11 is 0. The Morgan fingerprint density at radius 2 is 2.08 bits per heavy atom. The van der Waals surface area contributed by atoms with E-state index in [0.717, 1.165) is 51.0 Å². The molecule has 0 radical (unpaired) electrons. The number of nitrogens with zero attached hydrogens (tertiary/aromatic N) is 1. The number of benzene rings is 1. The number of hydrogen-bond acceptors (Lipinski definition) is 2. The highest BCUT2D eigenvalue weighted by molar-refractivity contribution is 14.0. The van der Waals surface area contributed by atoms with Crippen LogP contribution in [0.2, 0.25) is 0 Å². The predicted molar refractivity (Wildman–Crippen MR) is 110 cm³/mol. The third kappa shape index (κ3) is 5.34. The van der Waals surface area contributed by atoms with Gasteiger partial charge >= 0.3 is 0 Å². The van der Waals surface area contributed by atoms with Gasteiger partial charge in [0, 0.05) is 19.7 Å². The van der Waals surface area contributed by atoms with Gasteiger partial charge in [0.05, 0.1) is 12.1 Å². The van der Waals surface area contributed by atoms with Crippen molar-refractivity contribution < 1.29 is 4.74 Å². The van der Waals surface area contributed by atoms with Crippen molar-refractivity contribution in [2.75, 3.05) is 26.2 Å². The lowest BCUT2D eigenvalue weighted by Gasteiger charge is -2.21. The summed E-state index contributed by atoms with van der Waals surface area (Å²) < 4.78 is 5.82. The maximum absolute atomic E-state index is 5.82. The molecule has 3 rings (SSSR count). The SMILES string of the molecule is CCNC(=NCC1(C)CCCO1)NCC1CC1c1ccccc1.I. The highest BCUT2D eigenvalue weighted by atomic mass is 127. The van der Waals surface area contributed by atoms with E-state index in [2.05, 4.69) is 54.8 Å². The van der Waals surface area contributed by atoms with Crippen molar-refractivity contribution in [1.82, 2.24) is 10.6 Å². The standard InChI is InChI=1S/C19H29N3O.HI/c1-3-20-18(22-14-19(2)10-7-11-23-19)21-13-16-12-17(16)15-8-5-4-6-9-15;/h4-6,8-9,16-17H,3,7,10-14H2,1-2H3,(H2,20,21,22);1H. The normalized spacial score (nSPS) is 29.0. The molecule has 1 aromatic carbocycles. The molecule has 1 aliphatic carbocycles. The van der Waals surface area contributed by atoms with Crippen LogP contribution in [0.25, 0.3) is 0 Å². The molecule has 1 saturated heterocycles. The number of guanidine groups is 1. The lowest BCUT2D eigenvalue weighted by atomic mass is 10.0. The van der Waals surface area contributed by atoms with Crippen molar-refractivity contribution in [1.29, 1.82) is 0 Å². The van der Waals surface area contributed by atoms with Gasteiger partial charge in [-0.15, -0.1) is 24.0 Å². The summed E-state index contributed by atoms with van der Waals surface area (Å²) in [5, 5.41) is 6.85. The number of halogens is 1. The molecule has 2 fully saturated rings. The molecule has 5 heteroatoms. The number of ether oxygens (including phenoxy) is 1. The number of aliphatic imine (C=N–C) groups is 1. The summed E-state index contributed by atoms with van der Waals surface area (Å²) in [5.41, 5.74) is 1.39. The van der Waals surface area contributed by atoms with Crippen LogP contribution < -0.4 is 10.6 Å². The van der Waals surface area contributed by atoms with Gasteiger partial charge in [0.2, 0.25) is 0 Å². The van der Waals surface area contributed by atoms with Gasteiger partial charge in [-0.2, -0.15) is 0 Å². The molecule has 1 aliphatic heterocycles. The average molecular weight is 443 g/mol. The fourth-order valence-electron chi connectivity index (χ4n) is 3.36. The Bertz CT molecular complexity index is 529. The van der Waals surface area contributed by atoms with Crippen molar-refractivity contribution in [3.63, 3.8) is 0 Å². The lowest BCUT2D eigenvalue weighted by molar-refractivity contribution is 0.0283. The molecule has 1 heterocycles. The van der Waals surface area contributed by atoms with Crippen molar-refractivity contribution in [3.8, 4) is 0 Å². The smallest absolute Gasteiger partial charge is 0.191 e. The van der Waals surface area contributed by atoms with Gasteiger partial charge in [-0.05, 0) is 50.5 Å². The maximum Gasteiger partial charge on any atom is 0.191 e. The fraction of sp³-hybridized carbons (Fsp3) is 0.632. The molecule has 3 unspecified atom stereocenters. The largest absolute Gasteiger partial charge is 0.373 e. The molecule has 1 saturated carbocycles. The van der Waals surface area contributed by atoms with Gasteiger partial charge in [0.25, 0.3) is 0 Å². The second-order valence-corrected chi connectivity index (χ2v) is 6.99. The number of hydrogen-bond donors (Lipinski definition) is 2. The number of rotatable bonds is 6. The highest BCUT2D eigenvalue weighted by Crippen LogP contribution is 2.46. The van der Waals surface area contributed by atoms with Crippen LogP contribution in [0.1, 0.15) is 44.6 Å². The van der Waals surface area contributed by atoms with Crippen molar-refractivity contribution >= 4 is 29.9 Å². The van der Waals surface area contributed by atoms with Gasteiger partial charge in [-0.3, -0.25) is 4.99 Å². The maximum atomic E-state index is 5.82. The van der Waals surface area contributed by atoms with Crippen molar-refractivity contribution in [2.45, 2.75) is 44.6 Å². The van der Waals surface area contributed by atoms with E-state index in [-0.39, 0.29) is 29.6 Å². The zero-order chi connectivity index (χ0) is 16.1. The number of nitrogens with one attached hydrogen (secondary N) is 2. The van der Waals surface area contributed by atoms with Crippen LogP contribution in [-0.4, -0.2) is 37.8 Å². The molecule has 2 N–H and O–H groups in total. The first-order chi connectivity index (χ1) is 11.2. The first-order valence-corrected chi connectivity index (χ1v) is 8.91. The Morgan fingerprint density at radius 3 is 2.75 bits per heavy atom. The van der Waals surface area contributed by atoms with Crippen molar-refractivity contribution in [3.05, 3.63) is 35.9 Å². The minimum absolute atomic E-state index is 0. The van der Waals surface area contributed by atoms with Gasteiger partial charge in [-0.25, -0.2) is 0 Å². The fourth-order valence-corrected chi connectivity index (χ4v) is 3.36. The summed E-state index contributed by atoms with van der Waals surface area (Å²) in [5.74, 6) is 2.35. The molecule has 4 nitrogen and oxygen atoms in total. The van der Waals surface area contributed by atoms with Crippen LogP contribution in [0.5, 0.6) is 0 Å². The molecule has 2 aliphatic rings. The van der Waals surface area contributed by atoms with E-state index in [4.69, 9.17) is 9.73 Å². The average Bonchev–Trinajstić information content (AvgIpc) is 3.23. The third-order valence-corrected chi connectivity index (χ3v) is 4.90. The van der Waals surface area contributed by atoms with E-state index in [0.29, 0.717) is 5.92 Å². The third-order valence-electron chi connectivity index (χ3n) is 4.90. The zero-order valence-electron chi connectivity index (χ0n) is 14.8. The molecular formula is C19H30IN3O. The molecular weight excluding hydrogens is 413 g/mol. The molecule has 24 heavy (non-hydrogen) atoms. The van der Waals surface area contributed by atoms with Gasteiger partial charge in [0.1, 0.15) is 0 Å². The van der Waals surface area contributed by atoms with Crippen molar-refractivity contribution in [2.24, 2.45) is 10.9 Å². The van der Waals surface area contributed by atoms with E-state index in [1.54, 1.807) is 0 Å². The molecule has 0 spiro atoms. The molecule has 3 atom stereocenters. The monoisotopic (exact) mass is 443 g/mol. The summed E-state index contributed by atoms with van der Waals surface area (Å²) in [6.07, 6.45) is 3.53. The Morgan fingerprint density at radius 1 is 1.29 bits per heavy atom. The highest BCUT2D eigenvalue weighted by Gasteiger charge is 2.38. The van der Waals surface area contributed by atoms with E-state index in [1.165, 1.54) is 12.0 Å². The predicted octanol–water partition coefficient (Wildman–Crippen LogP) is 3.53. The quantitative estimate of drug-likeness (QED) is 0.402. The van der Waals surface area contributed by atoms with Crippen LogP contribution in [0.3, 0.4) is 0 Å². The molecule has 0 amide bonds. The van der Waals surface area contributed by atoms with E-state index in [9.17, 15) is 0 Å². The summed E-state index contributed by atoms with van der Waals surface area (Å²) in [7, 11) is 0. The first-order valence-electron chi connectivity index (χ1n) is 8.91. The molecule has 0 bridgehead atoms. The molecule has 0 aromatic heterocycles. The summed E-state index contributed by atoms with van der Waals surface area (Å²) in [4.78, 5) is 4.73. The van der Waals surface area contributed by atoms with Crippen LogP contribution in [0.15, 0.2) is 35.3 Å². The van der Waals surface area contributed by atoms with E-state index < -0.39 is 0 Å². The van der Waals surface area contributed by atoms with Gasteiger partial charge in [0.15, 0.2) is 5.96 Å². The first kappa shape index (κ1) is 19.5. The van der Waals surface area contributed by atoms with Gasteiger partial charge < -0.3 is 15.4 Å². The van der Waals surface area contributed by atoms with Crippen LogP contribution in [0.4, 0.5) is 0 Å². The molecule has 134 valence electrons. The minimum atomic E-state index is -0.0749. The topological polar surface area (TPSA) is 45.7 Å². The second-order valence-electron chi connectivity index (χ2n) is 6.99. The van der Waals surface area contributed by atoms with E-state index >= 15 is 0 Å². The van der Waals surface area contributed by atoms with Crippen LogP contribution in [-0.2, 0) is 4.74 Å². The van der Waals surface area contributed by atoms with Gasteiger partial charge in [-0.1, -0.05) is 30.3 Å². The van der Waals surface area contributed by atoms with Crippen LogP contribution >= 0.6 is 24.0 Å². The summed E-state index contributed by atoms with van der Waals surface area (Å²) in [6.45, 7) is 7.75. The second kappa shape index (κ2) is 9.04. The van der Waals surface area contributed by atoms with E-state index in [1.807, 2.05) is 0 Å². The Kier molecular flexibility index (Phi) is 7.34.